The molecule has 5 heteroatoms. The summed E-state index contributed by atoms with van der Waals surface area (Å²) >= 11 is 23.7. The van der Waals surface area contributed by atoms with Gasteiger partial charge >= 0.3 is 0 Å². The van der Waals surface area contributed by atoms with Crippen molar-refractivity contribution in [2.75, 3.05) is 0 Å². The highest BCUT2D eigenvalue weighted by Gasteiger charge is 2.19. The van der Waals surface area contributed by atoms with Gasteiger partial charge in [-0.25, -0.2) is 0 Å². The van der Waals surface area contributed by atoms with E-state index in [0.717, 1.165) is 0 Å². The van der Waals surface area contributed by atoms with Crippen LogP contribution in [-0.2, 0) is 0 Å². The van der Waals surface area contributed by atoms with Crippen LogP contribution in [0.15, 0.2) is 36.4 Å². The normalized spacial score (nSPS) is 10.4. The third-order valence-corrected chi connectivity index (χ3v) is 4.13. The van der Waals surface area contributed by atoms with Crippen LogP contribution in [-0.4, -0.2) is 5.78 Å². The average molecular weight is 320 g/mol. The van der Waals surface area contributed by atoms with Gasteiger partial charge in [0.15, 0.2) is 5.78 Å². The molecule has 0 saturated carbocycles. The van der Waals surface area contributed by atoms with Crippen LogP contribution >= 0.6 is 46.4 Å². The Morgan fingerprint density at radius 2 is 1.44 bits per heavy atom. The standard InChI is InChI=1S/C13H6Cl4O/c14-9-6-8(10(15)12(17)11(9)16)13(18)7-4-2-1-3-5-7/h1-6H. The van der Waals surface area contributed by atoms with Crippen LogP contribution in [0, 0.1) is 0 Å². The molecule has 0 N–H and O–H groups in total. The number of hydrogen-bond acceptors (Lipinski definition) is 1. The molecule has 0 fully saturated rings. The van der Waals surface area contributed by atoms with Crippen molar-refractivity contribution in [3.8, 4) is 0 Å². The smallest absolute Gasteiger partial charge is 0.194 e. The molecule has 0 unspecified atom stereocenters. The van der Waals surface area contributed by atoms with E-state index in [1.165, 1.54) is 6.07 Å². The summed E-state index contributed by atoms with van der Waals surface area (Å²) in [6, 6.07) is 10.2. The number of halogens is 4. The van der Waals surface area contributed by atoms with Crippen molar-refractivity contribution in [3.63, 3.8) is 0 Å². The summed E-state index contributed by atoms with van der Waals surface area (Å²) in [5, 5.41) is 0.545. The number of benzene rings is 2. The Morgan fingerprint density at radius 1 is 0.833 bits per heavy atom. The largest absolute Gasteiger partial charge is 0.289 e. The average Bonchev–Trinajstić information content (AvgIpc) is 2.41. The van der Waals surface area contributed by atoms with E-state index >= 15 is 0 Å². The molecule has 92 valence electrons. The second-order valence-corrected chi connectivity index (χ2v) is 5.08. The fourth-order valence-electron chi connectivity index (χ4n) is 1.48. The third kappa shape index (κ3) is 2.50. The Balaban J connectivity index is 2.56. The van der Waals surface area contributed by atoms with Gasteiger partial charge in [-0.05, 0) is 6.07 Å². The molecular formula is C13H6Cl4O. The molecule has 2 rings (SSSR count). The Bertz CT molecular complexity index is 608. The van der Waals surface area contributed by atoms with Crippen molar-refractivity contribution in [1.82, 2.24) is 0 Å². The highest BCUT2D eigenvalue weighted by atomic mass is 35.5. The zero-order chi connectivity index (χ0) is 13.3. The lowest BCUT2D eigenvalue weighted by Crippen LogP contribution is -2.02. The molecule has 0 aliphatic rings. The van der Waals surface area contributed by atoms with Gasteiger partial charge in [-0.3, -0.25) is 4.79 Å². The lowest BCUT2D eigenvalue weighted by molar-refractivity contribution is 0.103. The predicted molar refractivity (Wildman–Crippen MR) is 76.4 cm³/mol. The van der Waals surface area contributed by atoms with Crippen molar-refractivity contribution in [1.29, 1.82) is 0 Å². The van der Waals surface area contributed by atoms with Crippen molar-refractivity contribution in [2.45, 2.75) is 0 Å². The van der Waals surface area contributed by atoms with E-state index < -0.39 is 0 Å². The van der Waals surface area contributed by atoms with Gasteiger partial charge < -0.3 is 0 Å². The topological polar surface area (TPSA) is 17.1 Å². The van der Waals surface area contributed by atoms with Crippen LogP contribution in [0.1, 0.15) is 15.9 Å². The molecule has 0 spiro atoms. The summed E-state index contributed by atoms with van der Waals surface area (Å²) in [4.78, 5) is 12.2. The minimum absolute atomic E-state index is 0.0881. The molecule has 0 radical (unpaired) electrons. The second-order valence-electron chi connectivity index (χ2n) is 3.54. The van der Waals surface area contributed by atoms with Crippen molar-refractivity contribution >= 4 is 52.2 Å². The Morgan fingerprint density at radius 3 is 2.06 bits per heavy atom. The maximum atomic E-state index is 12.2. The summed E-state index contributed by atoms with van der Waals surface area (Å²) < 4.78 is 0. The lowest BCUT2D eigenvalue weighted by Gasteiger charge is -2.08. The summed E-state index contributed by atoms with van der Waals surface area (Å²) in [5.74, 6) is -0.249. The number of rotatable bonds is 2. The first-order valence-corrected chi connectivity index (χ1v) is 6.46. The molecule has 0 amide bonds. The van der Waals surface area contributed by atoms with E-state index in [9.17, 15) is 4.79 Å². The van der Waals surface area contributed by atoms with Crippen LogP contribution in [0.5, 0.6) is 0 Å². The molecule has 0 aliphatic carbocycles. The van der Waals surface area contributed by atoms with Gasteiger partial charge in [0, 0.05) is 11.1 Å². The second kappa shape index (κ2) is 5.50. The molecule has 0 aromatic heterocycles. The van der Waals surface area contributed by atoms with E-state index in [4.69, 9.17) is 46.4 Å². The first kappa shape index (κ1) is 13.7. The lowest BCUT2D eigenvalue weighted by atomic mass is 10.0. The molecule has 1 nitrogen and oxygen atoms in total. The molecule has 0 aliphatic heterocycles. The summed E-state index contributed by atoms with van der Waals surface area (Å²) in [5.41, 5.74) is 0.746. The monoisotopic (exact) mass is 318 g/mol. The summed E-state index contributed by atoms with van der Waals surface area (Å²) in [6.07, 6.45) is 0. The Labute approximate surface area is 124 Å². The number of carbonyl (C=O) groups is 1. The first-order valence-electron chi connectivity index (χ1n) is 4.95. The van der Waals surface area contributed by atoms with Crippen LogP contribution < -0.4 is 0 Å². The molecule has 0 atom stereocenters. The fraction of sp³-hybridized carbons (Fsp3) is 0. The fourth-order valence-corrected chi connectivity index (χ4v) is 2.37. The van der Waals surface area contributed by atoms with Crippen molar-refractivity contribution < 1.29 is 4.79 Å². The van der Waals surface area contributed by atoms with Crippen molar-refractivity contribution in [3.05, 3.63) is 67.6 Å². The zero-order valence-electron chi connectivity index (χ0n) is 8.88. The summed E-state index contributed by atoms with van der Waals surface area (Å²) in [7, 11) is 0. The predicted octanol–water partition coefficient (Wildman–Crippen LogP) is 5.53. The molecule has 0 bridgehead atoms. The molecule has 18 heavy (non-hydrogen) atoms. The van der Waals surface area contributed by atoms with Gasteiger partial charge in [0.05, 0.1) is 20.1 Å². The Hall–Kier alpha value is -0.730. The van der Waals surface area contributed by atoms with E-state index in [1.54, 1.807) is 24.3 Å². The van der Waals surface area contributed by atoms with E-state index in [0.29, 0.717) is 5.56 Å². The highest BCUT2D eigenvalue weighted by molar-refractivity contribution is 6.53. The van der Waals surface area contributed by atoms with Crippen LogP contribution in [0.25, 0.3) is 0 Å². The third-order valence-electron chi connectivity index (χ3n) is 2.38. The molecule has 2 aromatic rings. The van der Waals surface area contributed by atoms with Crippen LogP contribution in [0.2, 0.25) is 20.1 Å². The van der Waals surface area contributed by atoms with Crippen LogP contribution in [0.3, 0.4) is 0 Å². The van der Waals surface area contributed by atoms with Gasteiger partial charge in [0.2, 0.25) is 0 Å². The first-order chi connectivity index (χ1) is 8.52. The van der Waals surface area contributed by atoms with Crippen LogP contribution in [0.4, 0.5) is 0 Å². The summed E-state index contributed by atoms with van der Waals surface area (Å²) in [6.45, 7) is 0. The molecule has 0 heterocycles. The number of hydrogen-bond donors (Lipinski definition) is 0. The number of ketones is 1. The number of carbonyl (C=O) groups excluding carboxylic acids is 1. The maximum Gasteiger partial charge on any atom is 0.194 e. The van der Waals surface area contributed by atoms with Gasteiger partial charge in [0.25, 0.3) is 0 Å². The Kier molecular flexibility index (Phi) is 4.18. The minimum atomic E-state index is -0.249. The van der Waals surface area contributed by atoms with Crippen molar-refractivity contribution in [2.24, 2.45) is 0 Å². The maximum absolute atomic E-state index is 12.2. The zero-order valence-corrected chi connectivity index (χ0v) is 11.9. The van der Waals surface area contributed by atoms with E-state index in [1.807, 2.05) is 6.07 Å². The SMILES string of the molecule is O=C(c1ccccc1)c1cc(Cl)c(Cl)c(Cl)c1Cl. The minimum Gasteiger partial charge on any atom is -0.289 e. The molecule has 0 saturated heterocycles. The van der Waals surface area contributed by atoms with Gasteiger partial charge in [-0.2, -0.15) is 0 Å². The van der Waals surface area contributed by atoms with Gasteiger partial charge in [-0.1, -0.05) is 76.7 Å². The van der Waals surface area contributed by atoms with E-state index in [-0.39, 0.29) is 31.4 Å². The molecule has 2 aromatic carbocycles. The molecular weight excluding hydrogens is 314 g/mol. The van der Waals surface area contributed by atoms with E-state index in [2.05, 4.69) is 0 Å². The van der Waals surface area contributed by atoms with Gasteiger partial charge in [0.1, 0.15) is 0 Å². The quantitative estimate of drug-likeness (QED) is 0.404. The van der Waals surface area contributed by atoms with Gasteiger partial charge in [-0.15, -0.1) is 0 Å². The highest BCUT2D eigenvalue weighted by Crippen LogP contribution is 2.38.